The molecule has 238 valence electrons. The van der Waals surface area contributed by atoms with Gasteiger partial charge in [-0.15, -0.1) is 0 Å². The van der Waals surface area contributed by atoms with E-state index in [4.69, 9.17) is 19.2 Å². The maximum Gasteiger partial charge on any atom is 0.417 e. The molecule has 4 aromatic rings. The van der Waals surface area contributed by atoms with E-state index in [0.717, 1.165) is 33.3 Å². The molecule has 1 saturated heterocycles. The first kappa shape index (κ1) is 31.3. The molecule has 8 nitrogen and oxygen atoms in total. The molecule has 0 radical (unpaired) electrons. The number of benzene rings is 3. The van der Waals surface area contributed by atoms with E-state index < -0.39 is 40.6 Å². The van der Waals surface area contributed by atoms with Crippen LogP contribution in [0.25, 0.3) is 22.2 Å². The van der Waals surface area contributed by atoms with Gasteiger partial charge in [0.15, 0.2) is 0 Å². The molecule has 0 bridgehead atoms. The van der Waals surface area contributed by atoms with E-state index in [2.05, 4.69) is 6.07 Å². The predicted octanol–water partition coefficient (Wildman–Crippen LogP) is 8.04. The molecule has 2 heterocycles. The third-order valence-electron chi connectivity index (χ3n) is 8.40. The Labute approximate surface area is 269 Å². The van der Waals surface area contributed by atoms with Gasteiger partial charge in [-0.2, -0.15) is 0 Å². The van der Waals surface area contributed by atoms with E-state index in [1.54, 1.807) is 41.5 Å². The zero-order chi connectivity index (χ0) is 32.9. The molecular formula is C38H40N2O6. The SMILES string of the molecule is CC(C)(C)OC(=O)C1CC12CC(c1ccc(OCc3cc(-c4ccccc4)nc4ccccc34)cc1)N(C(=O)OC(C)(C)C)C2=O. The van der Waals surface area contributed by atoms with Crippen LogP contribution in [0.1, 0.15) is 71.6 Å². The molecule has 8 heteroatoms. The molecule has 2 aliphatic rings. The molecule has 2 fully saturated rings. The highest BCUT2D eigenvalue weighted by Crippen LogP contribution is 2.64. The zero-order valence-electron chi connectivity index (χ0n) is 27.2. The Balaban J connectivity index is 1.23. The number of carbonyl (C=O) groups excluding carboxylic acids is 3. The Kier molecular flexibility index (Phi) is 7.87. The lowest BCUT2D eigenvalue weighted by molar-refractivity contribution is -0.158. The Hall–Kier alpha value is -4.72. The van der Waals surface area contributed by atoms with Crippen LogP contribution >= 0.6 is 0 Å². The Morgan fingerprint density at radius 1 is 0.848 bits per heavy atom. The first-order chi connectivity index (χ1) is 21.7. The number of rotatable bonds is 6. The second-order valence-electron chi connectivity index (χ2n) is 14.2. The van der Waals surface area contributed by atoms with Gasteiger partial charge in [-0.3, -0.25) is 9.59 Å². The van der Waals surface area contributed by atoms with E-state index in [-0.39, 0.29) is 5.91 Å². The molecule has 46 heavy (non-hydrogen) atoms. The molecule has 1 saturated carbocycles. The summed E-state index contributed by atoms with van der Waals surface area (Å²) < 4.78 is 17.5. The van der Waals surface area contributed by atoms with Crippen LogP contribution in [0.5, 0.6) is 5.75 Å². The number of esters is 1. The van der Waals surface area contributed by atoms with Crippen LogP contribution < -0.4 is 4.74 Å². The smallest absolute Gasteiger partial charge is 0.417 e. The largest absolute Gasteiger partial charge is 0.489 e. The third kappa shape index (κ3) is 6.34. The van der Waals surface area contributed by atoms with Crippen LogP contribution in [0, 0.1) is 11.3 Å². The molecule has 1 aliphatic carbocycles. The Bertz CT molecular complexity index is 1790. The van der Waals surface area contributed by atoms with E-state index in [1.165, 1.54) is 4.90 Å². The maximum absolute atomic E-state index is 13.8. The molecule has 3 aromatic carbocycles. The fourth-order valence-electron chi connectivity index (χ4n) is 6.21. The van der Waals surface area contributed by atoms with Gasteiger partial charge in [-0.25, -0.2) is 14.7 Å². The number of carbonyl (C=O) groups is 3. The van der Waals surface area contributed by atoms with Gasteiger partial charge in [0.25, 0.3) is 0 Å². The van der Waals surface area contributed by atoms with E-state index in [9.17, 15) is 14.4 Å². The summed E-state index contributed by atoms with van der Waals surface area (Å²) in [5.74, 6) is -0.741. The van der Waals surface area contributed by atoms with Crippen LogP contribution in [0.4, 0.5) is 4.79 Å². The summed E-state index contributed by atoms with van der Waals surface area (Å²) in [4.78, 5) is 46.2. The summed E-state index contributed by atoms with van der Waals surface area (Å²) >= 11 is 0. The van der Waals surface area contributed by atoms with Crippen molar-refractivity contribution in [3.8, 4) is 17.0 Å². The molecule has 1 aromatic heterocycles. The molecular weight excluding hydrogens is 580 g/mol. The Morgan fingerprint density at radius 2 is 1.50 bits per heavy atom. The highest BCUT2D eigenvalue weighted by molar-refractivity contribution is 6.03. The van der Waals surface area contributed by atoms with Crippen LogP contribution in [-0.4, -0.2) is 39.1 Å². The van der Waals surface area contributed by atoms with Crippen LogP contribution in [0.3, 0.4) is 0 Å². The van der Waals surface area contributed by atoms with Crippen molar-refractivity contribution < 1.29 is 28.6 Å². The molecule has 2 amide bonds. The van der Waals surface area contributed by atoms with Crippen molar-refractivity contribution in [1.29, 1.82) is 0 Å². The quantitative estimate of drug-likeness (QED) is 0.201. The predicted molar refractivity (Wildman–Crippen MR) is 175 cm³/mol. The third-order valence-corrected chi connectivity index (χ3v) is 8.40. The van der Waals surface area contributed by atoms with E-state index >= 15 is 0 Å². The second-order valence-corrected chi connectivity index (χ2v) is 14.2. The van der Waals surface area contributed by atoms with Gasteiger partial charge >= 0.3 is 12.1 Å². The number of hydrogen-bond acceptors (Lipinski definition) is 7. The van der Waals surface area contributed by atoms with Gasteiger partial charge in [-0.1, -0.05) is 60.7 Å². The van der Waals surface area contributed by atoms with Gasteiger partial charge in [-0.05, 0) is 84.2 Å². The summed E-state index contributed by atoms with van der Waals surface area (Å²) in [7, 11) is 0. The van der Waals surface area contributed by atoms with Crippen molar-refractivity contribution in [3.05, 3.63) is 96.1 Å². The zero-order valence-corrected chi connectivity index (χ0v) is 27.2. The van der Waals surface area contributed by atoms with Crippen molar-refractivity contribution in [2.24, 2.45) is 11.3 Å². The fraction of sp³-hybridized carbons (Fsp3) is 0.368. The van der Waals surface area contributed by atoms with Crippen molar-refractivity contribution in [1.82, 2.24) is 9.88 Å². The van der Waals surface area contributed by atoms with Crippen molar-refractivity contribution in [2.75, 3.05) is 0 Å². The minimum Gasteiger partial charge on any atom is -0.489 e. The van der Waals surface area contributed by atoms with Crippen LogP contribution in [-0.2, 0) is 25.7 Å². The normalized spacial score (nSPS) is 21.0. The van der Waals surface area contributed by atoms with Crippen LogP contribution in [0.2, 0.25) is 0 Å². The van der Waals surface area contributed by atoms with Crippen molar-refractivity contribution in [3.63, 3.8) is 0 Å². The number of para-hydroxylation sites is 1. The van der Waals surface area contributed by atoms with Gasteiger partial charge < -0.3 is 14.2 Å². The highest BCUT2D eigenvalue weighted by Gasteiger charge is 2.71. The number of amides is 2. The number of hydrogen-bond donors (Lipinski definition) is 0. The Morgan fingerprint density at radius 3 is 2.17 bits per heavy atom. The maximum atomic E-state index is 13.8. The molecule has 6 rings (SSSR count). The average molecular weight is 621 g/mol. The summed E-state index contributed by atoms with van der Waals surface area (Å²) in [6.07, 6.45) is -0.0448. The lowest BCUT2D eigenvalue weighted by Gasteiger charge is -2.27. The first-order valence-electron chi connectivity index (χ1n) is 15.7. The number of imide groups is 1. The summed E-state index contributed by atoms with van der Waals surface area (Å²) in [5, 5.41) is 1.02. The minimum absolute atomic E-state index is 0.320. The monoisotopic (exact) mass is 620 g/mol. The van der Waals surface area contributed by atoms with Crippen molar-refractivity contribution >= 4 is 28.9 Å². The minimum atomic E-state index is -0.974. The molecule has 1 aliphatic heterocycles. The van der Waals surface area contributed by atoms with Gasteiger partial charge in [0, 0.05) is 16.5 Å². The van der Waals surface area contributed by atoms with Gasteiger partial charge in [0.2, 0.25) is 5.91 Å². The fourth-order valence-corrected chi connectivity index (χ4v) is 6.21. The number of fused-ring (bicyclic) bond motifs is 1. The topological polar surface area (TPSA) is 95.0 Å². The summed E-state index contributed by atoms with van der Waals surface area (Å²) in [5.41, 5.74) is 2.13. The molecule has 3 unspecified atom stereocenters. The first-order valence-corrected chi connectivity index (χ1v) is 15.7. The second kappa shape index (κ2) is 11.6. The number of nitrogens with zero attached hydrogens (tertiary/aromatic N) is 2. The standard InChI is InChI=1S/C38H40N2O6/c1-36(2,3)45-33(41)29-21-38(29)22-32(40(34(38)42)35(43)46-37(4,5)6)25-16-18-27(19-17-25)44-23-26-20-31(24-12-8-7-9-13-24)39-30-15-11-10-14-28(26)30/h7-20,29,32H,21-23H2,1-6H3. The number of ether oxygens (including phenoxy) is 3. The molecule has 3 atom stereocenters. The molecule has 1 spiro atoms. The lowest BCUT2D eigenvalue weighted by Crippen LogP contribution is -2.40. The molecule has 0 N–H and O–H groups in total. The number of aromatic nitrogens is 1. The average Bonchev–Trinajstić information content (AvgIpc) is 3.66. The van der Waals surface area contributed by atoms with Gasteiger partial charge in [0.05, 0.1) is 28.6 Å². The number of pyridine rings is 1. The van der Waals surface area contributed by atoms with Crippen LogP contribution in [0.15, 0.2) is 84.9 Å². The van der Waals surface area contributed by atoms with Gasteiger partial charge in [0.1, 0.15) is 23.6 Å². The number of likely N-dealkylation sites (tertiary alicyclic amines) is 1. The van der Waals surface area contributed by atoms with E-state index in [1.807, 2.05) is 78.9 Å². The summed E-state index contributed by atoms with van der Waals surface area (Å²) in [6.45, 7) is 11.0. The van der Waals surface area contributed by atoms with E-state index in [0.29, 0.717) is 25.2 Å². The van der Waals surface area contributed by atoms with Crippen molar-refractivity contribution in [2.45, 2.75) is 78.2 Å². The summed E-state index contributed by atoms with van der Waals surface area (Å²) in [6, 6.07) is 27.0. The lowest BCUT2D eigenvalue weighted by atomic mass is 9.95. The highest BCUT2D eigenvalue weighted by atomic mass is 16.6.